The van der Waals surface area contributed by atoms with Gasteiger partial charge < -0.3 is 29.7 Å². The third kappa shape index (κ3) is 7.06. The van der Waals surface area contributed by atoms with Gasteiger partial charge in [-0.2, -0.15) is 0 Å². The molecule has 1 aromatic carbocycles. The predicted octanol–water partition coefficient (Wildman–Crippen LogP) is 2.66. The number of benzene rings is 1. The molecule has 0 spiro atoms. The lowest BCUT2D eigenvalue weighted by molar-refractivity contribution is 0.0168. The van der Waals surface area contributed by atoms with Crippen LogP contribution in [-0.4, -0.2) is 71.7 Å². The lowest BCUT2D eigenvalue weighted by Gasteiger charge is -2.21. The molecule has 2 atom stereocenters. The van der Waals surface area contributed by atoms with Crippen molar-refractivity contribution in [3.63, 3.8) is 0 Å². The molecule has 3 rings (SSSR count). The van der Waals surface area contributed by atoms with Crippen molar-refractivity contribution in [2.24, 2.45) is 10.9 Å². The Bertz CT molecular complexity index is 649. The maximum absolute atomic E-state index is 5.73. The number of nitrogens with one attached hydrogen (secondary N) is 2. The Hall–Kier alpha value is -1.99. The van der Waals surface area contributed by atoms with Crippen molar-refractivity contribution in [1.29, 1.82) is 0 Å². The Labute approximate surface area is 181 Å². The zero-order chi connectivity index (χ0) is 21.0. The summed E-state index contributed by atoms with van der Waals surface area (Å²) in [5, 5.41) is 6.78. The van der Waals surface area contributed by atoms with Gasteiger partial charge in [0.1, 0.15) is 5.75 Å². The highest BCUT2D eigenvalue weighted by atomic mass is 16.5. The second-order valence-electron chi connectivity index (χ2n) is 7.98. The number of guanidine groups is 1. The average Bonchev–Trinajstić information content (AvgIpc) is 3.46. The highest BCUT2D eigenvalue weighted by Crippen LogP contribution is 2.31. The minimum Gasteiger partial charge on any atom is -0.495 e. The predicted molar refractivity (Wildman–Crippen MR) is 122 cm³/mol. The van der Waals surface area contributed by atoms with Gasteiger partial charge in [0.2, 0.25) is 0 Å². The van der Waals surface area contributed by atoms with E-state index in [4.69, 9.17) is 19.2 Å². The van der Waals surface area contributed by atoms with Gasteiger partial charge in [-0.1, -0.05) is 12.1 Å². The normalized spacial score (nSPS) is 21.8. The number of methoxy groups -OCH3 is 1. The van der Waals surface area contributed by atoms with E-state index in [1.165, 1.54) is 5.69 Å². The number of para-hydroxylation sites is 2. The molecule has 0 radical (unpaired) electrons. The first-order valence-corrected chi connectivity index (χ1v) is 11.4. The summed E-state index contributed by atoms with van der Waals surface area (Å²) in [5.74, 6) is 2.39. The number of hydrogen-bond donors (Lipinski definition) is 2. The number of aliphatic imine (C=N–C) groups is 1. The zero-order valence-corrected chi connectivity index (χ0v) is 18.6. The van der Waals surface area contributed by atoms with Crippen molar-refractivity contribution in [3.05, 3.63) is 24.3 Å². The Morgan fingerprint density at radius 3 is 2.97 bits per heavy atom. The minimum absolute atomic E-state index is 0.304. The topological polar surface area (TPSA) is 67.4 Å². The van der Waals surface area contributed by atoms with Crippen LogP contribution in [0.1, 0.15) is 32.6 Å². The van der Waals surface area contributed by atoms with Crippen molar-refractivity contribution in [2.45, 2.75) is 38.7 Å². The molecule has 0 bridgehead atoms. The summed E-state index contributed by atoms with van der Waals surface area (Å²) in [4.78, 5) is 7.23. The van der Waals surface area contributed by atoms with E-state index in [2.05, 4.69) is 34.6 Å². The fourth-order valence-corrected chi connectivity index (χ4v) is 4.03. The van der Waals surface area contributed by atoms with Crippen LogP contribution in [0, 0.1) is 5.92 Å². The van der Waals surface area contributed by atoms with Crippen LogP contribution in [-0.2, 0) is 9.47 Å². The summed E-state index contributed by atoms with van der Waals surface area (Å²) in [6.07, 6.45) is 4.71. The molecule has 30 heavy (non-hydrogen) atoms. The van der Waals surface area contributed by atoms with Gasteiger partial charge in [0.05, 0.1) is 25.5 Å². The number of anilines is 1. The third-order valence-corrected chi connectivity index (χ3v) is 5.65. The van der Waals surface area contributed by atoms with Gasteiger partial charge in [0.15, 0.2) is 5.96 Å². The van der Waals surface area contributed by atoms with Gasteiger partial charge in [-0.25, -0.2) is 0 Å². The fraction of sp³-hybridized carbons (Fsp3) is 0.696. The molecule has 2 fully saturated rings. The van der Waals surface area contributed by atoms with Crippen LogP contribution in [0.25, 0.3) is 0 Å². The molecule has 0 aromatic heterocycles. The van der Waals surface area contributed by atoms with E-state index >= 15 is 0 Å². The van der Waals surface area contributed by atoms with Gasteiger partial charge in [-0.05, 0) is 50.7 Å². The maximum atomic E-state index is 5.73. The highest BCUT2D eigenvalue weighted by Gasteiger charge is 2.24. The van der Waals surface area contributed by atoms with Gasteiger partial charge in [0.25, 0.3) is 0 Å². The van der Waals surface area contributed by atoms with E-state index in [1.807, 2.05) is 12.1 Å². The zero-order valence-electron chi connectivity index (χ0n) is 18.6. The molecule has 2 heterocycles. The molecular formula is C23H38N4O3. The van der Waals surface area contributed by atoms with Crippen LogP contribution in [0.5, 0.6) is 5.75 Å². The number of ether oxygens (including phenoxy) is 3. The van der Waals surface area contributed by atoms with Gasteiger partial charge >= 0.3 is 0 Å². The number of nitrogens with zero attached hydrogens (tertiary/aromatic N) is 2. The lowest BCUT2D eigenvalue weighted by atomic mass is 10.1. The molecule has 7 heteroatoms. The molecule has 0 amide bonds. The standard InChI is InChI=1S/C23H38N4O3/c1-3-24-23(25-12-7-14-29-18-20-8-6-15-30-20)26-16-19-11-13-27(17-19)21-9-4-5-10-22(21)28-2/h4-5,9-10,19-20H,3,6-8,11-18H2,1-2H3,(H2,24,25,26). The van der Waals surface area contributed by atoms with Gasteiger partial charge in [-0.15, -0.1) is 0 Å². The summed E-state index contributed by atoms with van der Waals surface area (Å²) < 4.78 is 16.8. The van der Waals surface area contributed by atoms with E-state index in [-0.39, 0.29) is 0 Å². The molecule has 168 valence electrons. The first-order chi connectivity index (χ1) is 14.8. The van der Waals surface area contributed by atoms with Gasteiger partial charge in [0, 0.05) is 45.9 Å². The molecular weight excluding hydrogens is 380 g/mol. The molecule has 2 saturated heterocycles. The summed E-state index contributed by atoms with van der Waals surface area (Å²) in [6, 6.07) is 8.25. The molecule has 0 aliphatic carbocycles. The lowest BCUT2D eigenvalue weighted by Crippen LogP contribution is -2.38. The van der Waals surface area contributed by atoms with Crippen molar-refractivity contribution in [2.75, 3.05) is 64.6 Å². The molecule has 2 unspecified atom stereocenters. The van der Waals surface area contributed by atoms with E-state index in [0.717, 1.165) is 89.9 Å². The summed E-state index contributed by atoms with van der Waals surface area (Å²) >= 11 is 0. The quantitative estimate of drug-likeness (QED) is 0.327. The van der Waals surface area contributed by atoms with Crippen LogP contribution in [0.15, 0.2) is 29.3 Å². The summed E-state index contributed by atoms with van der Waals surface area (Å²) in [5.41, 5.74) is 1.18. The van der Waals surface area contributed by atoms with E-state index in [0.29, 0.717) is 12.0 Å². The average molecular weight is 419 g/mol. The third-order valence-electron chi connectivity index (χ3n) is 5.65. The second-order valence-corrected chi connectivity index (χ2v) is 7.98. The van der Waals surface area contributed by atoms with E-state index < -0.39 is 0 Å². The smallest absolute Gasteiger partial charge is 0.191 e. The maximum Gasteiger partial charge on any atom is 0.191 e. The van der Waals surface area contributed by atoms with Gasteiger partial charge in [-0.3, -0.25) is 4.99 Å². The van der Waals surface area contributed by atoms with E-state index in [1.54, 1.807) is 7.11 Å². The van der Waals surface area contributed by atoms with Crippen molar-refractivity contribution < 1.29 is 14.2 Å². The van der Waals surface area contributed by atoms with E-state index in [9.17, 15) is 0 Å². The second kappa shape index (κ2) is 12.6. The van der Waals surface area contributed by atoms with Crippen LogP contribution in [0.4, 0.5) is 5.69 Å². The van der Waals surface area contributed by atoms with Crippen LogP contribution in [0.2, 0.25) is 0 Å². The van der Waals surface area contributed by atoms with Crippen LogP contribution < -0.4 is 20.3 Å². The van der Waals surface area contributed by atoms with Crippen molar-refractivity contribution in [1.82, 2.24) is 10.6 Å². The fourth-order valence-electron chi connectivity index (χ4n) is 4.03. The summed E-state index contributed by atoms with van der Waals surface area (Å²) in [6.45, 7) is 9.07. The van der Waals surface area contributed by atoms with Crippen molar-refractivity contribution in [3.8, 4) is 5.75 Å². The highest BCUT2D eigenvalue weighted by molar-refractivity contribution is 5.79. The Morgan fingerprint density at radius 2 is 2.17 bits per heavy atom. The summed E-state index contributed by atoms with van der Waals surface area (Å²) in [7, 11) is 1.73. The Kier molecular flexibility index (Phi) is 9.57. The molecule has 0 saturated carbocycles. The first kappa shape index (κ1) is 22.7. The Balaban J connectivity index is 1.36. The molecule has 2 N–H and O–H groups in total. The van der Waals surface area contributed by atoms with Crippen LogP contribution in [0.3, 0.4) is 0 Å². The van der Waals surface area contributed by atoms with Crippen molar-refractivity contribution >= 4 is 11.6 Å². The number of rotatable bonds is 11. The Morgan fingerprint density at radius 1 is 1.27 bits per heavy atom. The monoisotopic (exact) mass is 418 g/mol. The molecule has 2 aliphatic heterocycles. The molecule has 7 nitrogen and oxygen atoms in total. The minimum atomic E-state index is 0.304. The molecule has 2 aliphatic rings. The molecule has 1 aromatic rings. The number of hydrogen-bond acceptors (Lipinski definition) is 5. The largest absolute Gasteiger partial charge is 0.495 e. The SMILES string of the molecule is CCNC(=NCC1CCN(c2ccccc2OC)C1)NCCCOCC1CCCO1. The first-order valence-electron chi connectivity index (χ1n) is 11.4. The van der Waals surface area contributed by atoms with Crippen LogP contribution >= 0.6 is 0 Å².